The van der Waals surface area contributed by atoms with Gasteiger partial charge in [-0.05, 0) is 205 Å². The summed E-state index contributed by atoms with van der Waals surface area (Å²) in [7, 11) is 0. The van der Waals surface area contributed by atoms with Gasteiger partial charge in [0.15, 0.2) is 0 Å². The van der Waals surface area contributed by atoms with Crippen LogP contribution in [0.4, 0.5) is 0 Å². The van der Waals surface area contributed by atoms with E-state index in [1.165, 1.54) is 117 Å². The minimum Gasteiger partial charge on any atom is -0.354 e. The lowest BCUT2D eigenvalue weighted by molar-refractivity contribution is 0.0581. The number of carbonyl (C=O) groups is 4. The number of nitrogens with zero attached hydrogens (tertiary/aromatic N) is 4. The molecule has 2 N–H and O–H groups in total. The fourth-order valence-corrected chi connectivity index (χ4v) is 15.9. The third-order valence-electron chi connectivity index (χ3n) is 22.0. The normalized spacial score (nSPS) is 14.2. The lowest BCUT2D eigenvalue weighted by Crippen LogP contribution is -2.43. The summed E-state index contributed by atoms with van der Waals surface area (Å²) >= 11 is 0. The molecule has 0 saturated heterocycles. The summed E-state index contributed by atoms with van der Waals surface area (Å²) in [6.45, 7) is 35.1. The Morgan fingerprint density at radius 1 is 0.394 bits per heavy atom. The molecule has 3 aromatic heterocycles. The monoisotopic (exact) mass is 1330 g/mol. The molecule has 4 aromatic carbocycles. The summed E-state index contributed by atoms with van der Waals surface area (Å²) in [5.74, 6) is -1.66. The molecular weight excluding hydrogens is 1220 g/mol. The van der Waals surface area contributed by atoms with Crippen molar-refractivity contribution in [2.24, 2.45) is 0 Å². The van der Waals surface area contributed by atoms with Crippen LogP contribution in [0.2, 0.25) is 0 Å². The van der Waals surface area contributed by atoms with Gasteiger partial charge < -0.3 is 9.97 Å². The molecule has 8 bridgehead atoms. The Bertz CT molecular complexity index is 4250. The highest BCUT2D eigenvalue weighted by atomic mass is 16.2. The highest BCUT2D eigenvalue weighted by Gasteiger charge is 2.40. The number of unbranched alkanes of at least 4 members (excludes halogenated alkanes) is 15. The van der Waals surface area contributed by atoms with Crippen molar-refractivity contribution in [2.45, 2.75) is 275 Å². The van der Waals surface area contributed by atoms with Crippen LogP contribution in [0.5, 0.6) is 0 Å². The average molecular weight is 1330 g/mol. The second-order valence-electron chi connectivity index (χ2n) is 31.3. The molecule has 0 unspecified atom stereocenters. The minimum absolute atomic E-state index is 0.0278. The van der Waals surface area contributed by atoms with Gasteiger partial charge in [0.25, 0.3) is 23.6 Å². The van der Waals surface area contributed by atoms with Crippen molar-refractivity contribution in [2.75, 3.05) is 6.54 Å². The molecule has 0 fully saturated rings. The highest BCUT2D eigenvalue weighted by molar-refractivity contribution is 6.33. The van der Waals surface area contributed by atoms with Gasteiger partial charge in [0.05, 0.1) is 40.4 Å². The zero-order valence-electron chi connectivity index (χ0n) is 62.8. The van der Waals surface area contributed by atoms with E-state index in [-0.39, 0.29) is 29.2 Å². The number of hydrogen-bond donors (Lipinski definition) is 2. The summed E-state index contributed by atoms with van der Waals surface area (Å²) in [6, 6.07) is 27.3. The number of imide groups is 2. The quantitative estimate of drug-likeness (QED) is 0.0355. The molecular formula is C89H112N6O4. The van der Waals surface area contributed by atoms with Gasteiger partial charge in [-0.3, -0.25) is 29.0 Å². The van der Waals surface area contributed by atoms with E-state index in [9.17, 15) is 19.2 Å². The van der Waals surface area contributed by atoms with Gasteiger partial charge in [0.2, 0.25) is 0 Å². The molecule has 10 nitrogen and oxygen atoms in total. The largest absolute Gasteiger partial charge is 0.354 e. The van der Waals surface area contributed by atoms with Crippen LogP contribution in [-0.2, 0) is 30.2 Å². The molecule has 99 heavy (non-hydrogen) atoms. The number of rotatable bonds is 29. The second kappa shape index (κ2) is 30.9. The van der Waals surface area contributed by atoms with Crippen LogP contribution in [0.15, 0.2) is 78.9 Å². The van der Waals surface area contributed by atoms with Crippen molar-refractivity contribution in [3.63, 3.8) is 0 Å². The van der Waals surface area contributed by atoms with E-state index < -0.39 is 11.8 Å². The predicted octanol–water partition coefficient (Wildman–Crippen LogP) is 24.0. The number of H-pyrrole nitrogens is 2. The first-order chi connectivity index (χ1) is 47.5. The number of nitrogens with one attached hydrogen (secondary N) is 2. The highest BCUT2D eigenvalue weighted by Crippen LogP contribution is 2.47. The van der Waals surface area contributed by atoms with Gasteiger partial charge in [-0.1, -0.05) is 215 Å². The number of fused-ring (bicyclic) bond motifs is 8. The number of allylic oxidation sites excluding steroid dienone is 4. The molecule has 0 radical (unpaired) electrons. The number of aryl methyl sites for hydroxylation is 4. The summed E-state index contributed by atoms with van der Waals surface area (Å²) in [6.07, 6.45) is 25.6. The fourth-order valence-electron chi connectivity index (χ4n) is 15.9. The van der Waals surface area contributed by atoms with Gasteiger partial charge in [0.1, 0.15) is 0 Å². The van der Waals surface area contributed by atoms with Gasteiger partial charge >= 0.3 is 0 Å². The number of hydrogen-bond acceptors (Lipinski definition) is 6. The van der Waals surface area contributed by atoms with Crippen molar-refractivity contribution >= 4 is 78.8 Å². The molecule has 7 aromatic rings. The van der Waals surface area contributed by atoms with E-state index in [2.05, 4.69) is 168 Å². The Hall–Kier alpha value is -7.98. The number of carbonyl (C=O) groups excluding carboxylic acids is 4. The lowest BCUT2D eigenvalue weighted by atomic mass is 9.78. The summed E-state index contributed by atoms with van der Waals surface area (Å²) in [4.78, 5) is 80.9. The van der Waals surface area contributed by atoms with Crippen LogP contribution in [-0.4, -0.2) is 59.9 Å². The number of aromatic nitrogens is 4. The summed E-state index contributed by atoms with van der Waals surface area (Å²) < 4.78 is 0. The molecule has 4 amide bonds. The molecule has 11 rings (SSSR count). The fraction of sp³-hybridized carbons (Fsp3) is 0.483. The molecule has 4 aliphatic heterocycles. The first kappa shape index (κ1) is 72.3. The van der Waals surface area contributed by atoms with Gasteiger partial charge in [0, 0.05) is 61.7 Å². The van der Waals surface area contributed by atoms with Gasteiger partial charge in [-0.15, -0.1) is 0 Å². The Balaban J connectivity index is 1.15. The van der Waals surface area contributed by atoms with E-state index >= 15 is 0 Å². The van der Waals surface area contributed by atoms with Crippen molar-refractivity contribution < 1.29 is 19.2 Å². The Morgan fingerprint density at radius 3 is 1.15 bits per heavy atom. The first-order valence-electron chi connectivity index (χ1n) is 38.3. The maximum Gasteiger partial charge on any atom is 0.261 e. The number of aromatic amines is 2. The summed E-state index contributed by atoms with van der Waals surface area (Å²) in [5, 5.41) is 0.786. The minimum atomic E-state index is -0.451. The van der Waals surface area contributed by atoms with Crippen LogP contribution < -0.4 is 0 Å². The SMILES string of the molecule is CCCCCCC1=C(C)c2nc1cc1[nH]c(c(C)c1CCCCCC)c(-c1cc(C(C)(C)C)cc(C(C)(C)C)c1)c1[nH]c(cc3nc(c2-c2ccc(CN4C(=O)c5ccc6c7c(ccc(c57)C4=O)C(=O)N(CCCCCC)C6=O)cc2)C(C)=C3CCCCCC)c(CCCCCC)c1C. The molecule has 0 atom stereocenters. The van der Waals surface area contributed by atoms with Gasteiger partial charge in [-0.25, -0.2) is 9.97 Å². The molecule has 10 heteroatoms. The molecule has 4 aliphatic rings. The second-order valence-corrected chi connectivity index (χ2v) is 31.3. The maximum absolute atomic E-state index is 14.8. The van der Waals surface area contributed by atoms with Crippen molar-refractivity contribution in [1.82, 2.24) is 29.7 Å². The maximum atomic E-state index is 14.8. The number of amides is 4. The smallest absolute Gasteiger partial charge is 0.261 e. The van der Waals surface area contributed by atoms with Crippen LogP contribution in [0.25, 0.3) is 77.4 Å². The van der Waals surface area contributed by atoms with Crippen molar-refractivity contribution in [3.05, 3.63) is 163 Å². The third-order valence-corrected chi connectivity index (χ3v) is 22.0. The lowest BCUT2D eigenvalue weighted by Gasteiger charge is -2.32. The van der Waals surface area contributed by atoms with Crippen LogP contribution in [0.1, 0.15) is 334 Å². The number of benzene rings is 4. The van der Waals surface area contributed by atoms with E-state index in [0.717, 1.165) is 175 Å². The van der Waals surface area contributed by atoms with E-state index in [1.807, 2.05) is 0 Å². The molecule has 0 spiro atoms. The van der Waals surface area contributed by atoms with E-state index in [4.69, 9.17) is 9.97 Å². The Morgan fingerprint density at radius 2 is 0.768 bits per heavy atom. The average Bonchev–Trinajstić information content (AvgIpc) is 1.44. The summed E-state index contributed by atoms with van der Waals surface area (Å²) in [5.41, 5.74) is 27.5. The van der Waals surface area contributed by atoms with E-state index in [0.29, 0.717) is 39.6 Å². The Labute approximate surface area is 591 Å². The first-order valence-corrected chi connectivity index (χ1v) is 38.3. The molecule has 0 aliphatic carbocycles. The molecule has 0 saturated carbocycles. The van der Waals surface area contributed by atoms with Crippen LogP contribution in [0, 0.1) is 13.8 Å². The topological polar surface area (TPSA) is 132 Å². The molecule has 522 valence electrons. The molecule has 7 heterocycles. The predicted molar refractivity (Wildman–Crippen MR) is 415 cm³/mol. The zero-order valence-corrected chi connectivity index (χ0v) is 62.8. The van der Waals surface area contributed by atoms with E-state index in [1.54, 1.807) is 24.3 Å². The van der Waals surface area contributed by atoms with Crippen molar-refractivity contribution in [1.29, 1.82) is 0 Å². The third kappa shape index (κ3) is 14.7. The van der Waals surface area contributed by atoms with Gasteiger partial charge in [-0.2, -0.15) is 0 Å². The van der Waals surface area contributed by atoms with Crippen molar-refractivity contribution in [3.8, 4) is 22.3 Å². The Kier molecular flexibility index (Phi) is 22.5. The standard InChI is InChI=1S/C89H112N6O4/c1-16-21-26-31-36-64-55(6)80-76(60-42-40-59(41-43-60)54-95-86(98)70-46-44-68-78-69(45-47-71(79(70)78)87(95)99)85(97)94(84(68)96)48-35-30-25-20-5)81-56(7)65(37-32-27-22-17-2)73(91-81)53-75-67(39-34-29-24-19-4)58(9)83(93-75)77(61-49-62(88(10,11)12)51-63(50-61)89(13,14)15)82-57(8)66(38-33-28-23-18-3)74(92-82)52-72(64)90-80/h40-47,49-53,92-93H,16-39,48,54H2,1-15H3. The zero-order chi connectivity index (χ0) is 70.6. The van der Waals surface area contributed by atoms with Crippen LogP contribution >= 0.6 is 0 Å². The van der Waals surface area contributed by atoms with Crippen LogP contribution in [0.3, 0.4) is 0 Å².